The molecule has 0 saturated carbocycles. The van der Waals surface area contributed by atoms with Crippen LogP contribution in [0, 0.1) is 11.8 Å². The van der Waals surface area contributed by atoms with Crippen LogP contribution >= 0.6 is 11.6 Å². The van der Waals surface area contributed by atoms with Crippen molar-refractivity contribution in [2.24, 2.45) is 21.8 Å². The third kappa shape index (κ3) is 7.36. The number of carbonyl (C=O) groups is 1. The van der Waals surface area contributed by atoms with Crippen molar-refractivity contribution in [3.05, 3.63) is 60.5 Å². The molecule has 1 amide bonds. The topological polar surface area (TPSA) is 53.8 Å². The lowest BCUT2D eigenvalue weighted by atomic mass is 9.81. The van der Waals surface area contributed by atoms with Crippen LogP contribution in [0.4, 0.5) is 0 Å². The first-order valence-electron chi connectivity index (χ1n) is 8.78. The predicted octanol–water partition coefficient (Wildman–Crippen LogP) is 4.96. The molecule has 3 atom stereocenters. The van der Waals surface area contributed by atoms with E-state index in [1.165, 1.54) is 0 Å². The lowest BCUT2D eigenvalue weighted by Crippen LogP contribution is -2.39. The molecule has 0 aromatic heterocycles. The Bertz CT molecular complexity index is 658. The van der Waals surface area contributed by atoms with Crippen LogP contribution in [-0.2, 0) is 4.79 Å². The summed E-state index contributed by atoms with van der Waals surface area (Å²) in [7, 11) is 0. The standard InChI is InChI=1S/C21H28ClN3O/c1-6-18(20-14-19(7-2)16(4)25-21(20)26)11-8-10-15(3)23-12-9-13-24-17(5)22/h6,8,10-13,15,19-20H,1,4-5,7,9,14H2,2-3H3,(H,25,26)/b10-8+,18-11+,23-12?,24-13-. The van der Waals surface area contributed by atoms with Crippen LogP contribution in [0.15, 0.2) is 70.5 Å². The zero-order valence-corrected chi connectivity index (χ0v) is 16.4. The average Bonchev–Trinajstić information content (AvgIpc) is 2.59. The molecule has 1 rings (SSSR count). The van der Waals surface area contributed by atoms with E-state index in [1.807, 2.05) is 25.2 Å². The molecule has 0 aliphatic carbocycles. The predicted molar refractivity (Wildman–Crippen MR) is 113 cm³/mol. The van der Waals surface area contributed by atoms with E-state index < -0.39 is 0 Å². The van der Waals surface area contributed by atoms with E-state index in [2.05, 4.69) is 42.0 Å². The second-order valence-corrected chi connectivity index (χ2v) is 6.60. The van der Waals surface area contributed by atoms with Crippen molar-refractivity contribution >= 4 is 29.9 Å². The molecule has 1 saturated heterocycles. The minimum absolute atomic E-state index is 0.00881. The highest BCUT2D eigenvalue weighted by Gasteiger charge is 2.31. The Kier molecular flexibility index (Phi) is 9.60. The number of halogens is 1. The van der Waals surface area contributed by atoms with Gasteiger partial charge in [-0.15, -0.1) is 0 Å². The van der Waals surface area contributed by atoms with E-state index in [1.54, 1.807) is 18.5 Å². The van der Waals surface area contributed by atoms with Gasteiger partial charge in [0.2, 0.25) is 5.91 Å². The van der Waals surface area contributed by atoms with Crippen molar-refractivity contribution in [3.8, 4) is 0 Å². The number of aliphatic imine (C=N–C) groups is 2. The summed E-state index contributed by atoms with van der Waals surface area (Å²) in [6.07, 6.45) is 13.3. The zero-order chi connectivity index (χ0) is 19.5. The zero-order valence-electron chi connectivity index (χ0n) is 15.6. The van der Waals surface area contributed by atoms with Gasteiger partial charge < -0.3 is 5.32 Å². The second-order valence-electron chi connectivity index (χ2n) is 6.16. The Balaban J connectivity index is 2.68. The molecular weight excluding hydrogens is 346 g/mol. The fourth-order valence-electron chi connectivity index (χ4n) is 2.71. The van der Waals surface area contributed by atoms with Gasteiger partial charge in [-0.1, -0.05) is 62.6 Å². The van der Waals surface area contributed by atoms with E-state index in [0.29, 0.717) is 12.3 Å². The maximum Gasteiger partial charge on any atom is 0.231 e. The molecule has 3 unspecified atom stereocenters. The summed E-state index contributed by atoms with van der Waals surface area (Å²) in [6, 6.07) is 0.0215. The Morgan fingerprint density at radius 1 is 1.46 bits per heavy atom. The monoisotopic (exact) mass is 373 g/mol. The number of carbonyl (C=O) groups excluding carboxylic acids is 1. The Morgan fingerprint density at radius 3 is 2.81 bits per heavy atom. The Labute approximate surface area is 161 Å². The fourth-order valence-corrected chi connectivity index (χ4v) is 2.78. The lowest BCUT2D eigenvalue weighted by molar-refractivity contribution is -0.124. The highest BCUT2D eigenvalue weighted by molar-refractivity contribution is 6.29. The van der Waals surface area contributed by atoms with Crippen molar-refractivity contribution in [1.82, 2.24) is 5.32 Å². The van der Waals surface area contributed by atoms with Crippen LogP contribution in [0.25, 0.3) is 0 Å². The molecule has 4 nitrogen and oxygen atoms in total. The Morgan fingerprint density at radius 2 is 2.19 bits per heavy atom. The van der Waals surface area contributed by atoms with E-state index in [4.69, 9.17) is 11.6 Å². The van der Waals surface area contributed by atoms with Gasteiger partial charge in [-0.3, -0.25) is 9.79 Å². The summed E-state index contributed by atoms with van der Waals surface area (Å²) >= 11 is 5.54. The minimum atomic E-state index is -0.189. The molecular formula is C21H28ClN3O. The number of rotatable bonds is 9. The molecule has 1 aliphatic rings. The van der Waals surface area contributed by atoms with Gasteiger partial charge in [0, 0.05) is 24.5 Å². The largest absolute Gasteiger partial charge is 0.330 e. The molecule has 1 heterocycles. The van der Waals surface area contributed by atoms with Gasteiger partial charge in [0.15, 0.2) is 0 Å². The van der Waals surface area contributed by atoms with E-state index >= 15 is 0 Å². The van der Waals surface area contributed by atoms with Crippen LogP contribution in [0.5, 0.6) is 0 Å². The summed E-state index contributed by atoms with van der Waals surface area (Å²) in [5.74, 6) is 0.107. The number of allylic oxidation sites excluding steroid dienone is 4. The summed E-state index contributed by atoms with van der Waals surface area (Å²) in [5.41, 5.74) is 1.73. The molecule has 1 N–H and O–H groups in total. The molecule has 5 heteroatoms. The highest BCUT2D eigenvalue weighted by atomic mass is 35.5. The number of nitrogens with zero attached hydrogens (tertiary/aromatic N) is 2. The van der Waals surface area contributed by atoms with E-state index in [0.717, 1.165) is 24.1 Å². The molecule has 0 spiro atoms. The molecule has 1 fully saturated rings. The minimum Gasteiger partial charge on any atom is -0.330 e. The molecule has 26 heavy (non-hydrogen) atoms. The first-order valence-corrected chi connectivity index (χ1v) is 9.15. The smallest absolute Gasteiger partial charge is 0.231 e. The molecule has 0 radical (unpaired) electrons. The number of hydrogen-bond acceptors (Lipinski definition) is 3. The van der Waals surface area contributed by atoms with Gasteiger partial charge >= 0.3 is 0 Å². The second kappa shape index (κ2) is 11.4. The molecule has 0 aromatic rings. The maximum atomic E-state index is 12.3. The van der Waals surface area contributed by atoms with Crippen molar-refractivity contribution in [1.29, 1.82) is 0 Å². The van der Waals surface area contributed by atoms with Gasteiger partial charge in [0.25, 0.3) is 0 Å². The van der Waals surface area contributed by atoms with Crippen molar-refractivity contribution in [3.63, 3.8) is 0 Å². The van der Waals surface area contributed by atoms with Gasteiger partial charge in [-0.2, -0.15) is 0 Å². The van der Waals surface area contributed by atoms with Crippen LogP contribution < -0.4 is 5.32 Å². The molecule has 0 aromatic carbocycles. The first kappa shape index (κ1) is 21.8. The third-order valence-corrected chi connectivity index (χ3v) is 4.30. The summed E-state index contributed by atoms with van der Waals surface area (Å²) in [5, 5.41) is 3.15. The van der Waals surface area contributed by atoms with Crippen molar-refractivity contribution in [2.45, 2.75) is 39.2 Å². The van der Waals surface area contributed by atoms with Crippen molar-refractivity contribution in [2.75, 3.05) is 0 Å². The Hall–Kier alpha value is -2.20. The van der Waals surface area contributed by atoms with Crippen LogP contribution in [0.2, 0.25) is 0 Å². The average molecular weight is 374 g/mol. The van der Waals surface area contributed by atoms with Gasteiger partial charge in [0.1, 0.15) is 5.16 Å². The van der Waals surface area contributed by atoms with Gasteiger partial charge in [0.05, 0.1) is 12.0 Å². The van der Waals surface area contributed by atoms with Crippen molar-refractivity contribution < 1.29 is 4.79 Å². The number of nitrogens with one attached hydrogen (secondary N) is 1. The summed E-state index contributed by atoms with van der Waals surface area (Å²) in [6.45, 7) is 15.4. The quantitative estimate of drug-likeness (QED) is 0.346. The number of amides is 1. The fraction of sp³-hybridized carbons (Fsp3) is 0.381. The van der Waals surface area contributed by atoms with E-state index in [9.17, 15) is 4.79 Å². The molecule has 0 bridgehead atoms. The van der Waals surface area contributed by atoms with E-state index in [-0.39, 0.29) is 23.0 Å². The van der Waals surface area contributed by atoms with Crippen LogP contribution in [0.1, 0.15) is 33.1 Å². The van der Waals surface area contributed by atoms with Gasteiger partial charge in [-0.25, -0.2) is 4.99 Å². The summed E-state index contributed by atoms with van der Waals surface area (Å²) in [4.78, 5) is 20.5. The highest BCUT2D eigenvalue weighted by Crippen LogP contribution is 2.31. The maximum absolute atomic E-state index is 12.3. The normalized spacial score (nSPS) is 23.0. The number of hydrogen-bond donors (Lipinski definition) is 1. The van der Waals surface area contributed by atoms with Crippen LogP contribution in [-0.4, -0.2) is 24.4 Å². The SMILES string of the molecule is C=C/C(=C\C=C\C(C)N=CC/C=N\C(=C)Cl)C1CC(CC)C(=C)NC1=O. The molecule has 140 valence electrons. The number of piperidine rings is 1. The molecule has 1 aliphatic heterocycles. The first-order chi connectivity index (χ1) is 12.4. The lowest BCUT2D eigenvalue weighted by Gasteiger charge is -2.31. The summed E-state index contributed by atoms with van der Waals surface area (Å²) < 4.78 is 0. The van der Waals surface area contributed by atoms with Gasteiger partial charge in [-0.05, 0) is 31.3 Å². The third-order valence-electron chi connectivity index (χ3n) is 4.21. The van der Waals surface area contributed by atoms with Crippen LogP contribution in [0.3, 0.4) is 0 Å².